The van der Waals surface area contributed by atoms with Crippen molar-refractivity contribution in [3.63, 3.8) is 0 Å². The second-order valence-electron chi connectivity index (χ2n) is 0.214. The van der Waals surface area contributed by atoms with Crippen molar-refractivity contribution in [3.05, 3.63) is 6.92 Å². The summed E-state index contributed by atoms with van der Waals surface area (Å²) in [6.45, 7) is 5.00. The van der Waals surface area contributed by atoms with Crippen molar-refractivity contribution >= 4 is 54.1 Å². The Hall–Kier alpha value is 3.07. The van der Waals surface area contributed by atoms with Crippen LogP contribution in [0, 0.1) is 6.92 Å². The van der Waals surface area contributed by atoms with Crippen LogP contribution in [0.4, 0.5) is 0 Å². The molecule has 0 amide bonds. The van der Waals surface area contributed by atoms with E-state index in [2.05, 4.69) is 61.1 Å². The molecule has 0 fully saturated rings. The topological polar surface area (TPSA) is 0 Å². The van der Waals surface area contributed by atoms with Crippen LogP contribution in [0.25, 0.3) is 0 Å². The molecule has 6 heavy (non-hydrogen) atoms. The molecule has 0 rings (SSSR count). The molecule has 0 saturated carbocycles. The first-order chi connectivity index (χ1) is 2.73. The van der Waals surface area contributed by atoms with Gasteiger partial charge in [-0.05, 0) is 0 Å². The van der Waals surface area contributed by atoms with Crippen LogP contribution in [0.1, 0.15) is 6.92 Å². The van der Waals surface area contributed by atoms with Gasteiger partial charge in [0.2, 0.25) is 0 Å². The summed E-state index contributed by atoms with van der Waals surface area (Å²) in [7, 11) is -0.633. The molecule has 0 aliphatic rings. The standard InChI is InChI=1S/C2H5.3HI.Zr/c1-2;;;;/h1H2,2H3;3*1H;/q-1;;;;+3/p-3. The van der Waals surface area contributed by atoms with Crippen LogP contribution in [-0.2, 0) is 9.18 Å². The molecule has 0 aromatic rings. The van der Waals surface area contributed by atoms with Crippen LogP contribution < -0.4 is 0 Å². The normalized spacial score (nSPS) is 5.50. The Bertz CT molecular complexity index is 13.5. The van der Waals surface area contributed by atoms with Crippen LogP contribution in [-0.4, -0.2) is 0 Å². The van der Waals surface area contributed by atoms with Crippen molar-refractivity contribution in [2.75, 3.05) is 0 Å². The predicted molar refractivity (Wildman–Crippen MR) is 53.1 cm³/mol. The average molecular weight is 501 g/mol. The Morgan fingerprint density at radius 2 is 1.17 bits per heavy atom. The van der Waals surface area contributed by atoms with Crippen molar-refractivity contribution in [3.8, 4) is 0 Å². The first-order valence-corrected chi connectivity index (χ1v) is 23.2. The molecule has 4 heteroatoms. The van der Waals surface area contributed by atoms with Crippen molar-refractivity contribution in [2.45, 2.75) is 6.92 Å². The number of rotatable bonds is 0. The first kappa shape index (κ1) is 11.8. The molecule has 0 atom stereocenters. The molecule has 0 spiro atoms. The monoisotopic (exact) mass is 500 g/mol. The van der Waals surface area contributed by atoms with E-state index in [0.717, 1.165) is 0 Å². The third kappa shape index (κ3) is 27.6. The van der Waals surface area contributed by atoms with Crippen molar-refractivity contribution in [1.82, 2.24) is 0 Å². The molecule has 0 saturated heterocycles. The Morgan fingerprint density at radius 3 is 1.17 bits per heavy atom. The molecule has 0 heterocycles. The molecule has 0 bridgehead atoms. The minimum absolute atomic E-state index is 0.633. The van der Waals surface area contributed by atoms with Crippen LogP contribution in [0.5, 0.6) is 0 Å². The molecule has 0 aliphatic heterocycles. The maximum atomic E-state index is 3.25. The van der Waals surface area contributed by atoms with E-state index < -0.39 is 9.18 Å². The van der Waals surface area contributed by atoms with Gasteiger partial charge in [0.05, 0.1) is 0 Å². The van der Waals surface area contributed by atoms with Gasteiger partial charge in [-0.1, -0.05) is 0 Å². The SMILES string of the molecule is [CH2-]C.[I][Zr]([I])[I]. The van der Waals surface area contributed by atoms with Gasteiger partial charge >= 0.3 is 63.3 Å². The van der Waals surface area contributed by atoms with Gasteiger partial charge in [0.1, 0.15) is 0 Å². The molecule has 0 nitrogen and oxygen atoms in total. The van der Waals surface area contributed by atoms with E-state index in [9.17, 15) is 0 Å². The fraction of sp³-hybridized carbons (Fsp3) is 0.500. The Morgan fingerprint density at radius 1 is 1.17 bits per heavy atom. The van der Waals surface area contributed by atoms with Gasteiger partial charge in [-0.15, -0.1) is 0 Å². The fourth-order valence-corrected chi connectivity index (χ4v) is 0. The van der Waals surface area contributed by atoms with Crippen LogP contribution in [0.3, 0.4) is 0 Å². The zero-order valence-corrected chi connectivity index (χ0v) is 12.3. The summed E-state index contributed by atoms with van der Waals surface area (Å²) in [6.07, 6.45) is 0. The Kier molecular flexibility index (Phi) is 21.6. The molecule has 39 valence electrons. The maximum absolute atomic E-state index is 3.25. The zero-order valence-electron chi connectivity index (χ0n) is 3.34. The van der Waals surface area contributed by atoms with Gasteiger partial charge in [-0.25, -0.2) is 0 Å². The molecule has 0 aliphatic carbocycles. The predicted octanol–water partition coefficient (Wildman–Crippen LogP) is 3.49. The van der Waals surface area contributed by atoms with E-state index in [1.165, 1.54) is 0 Å². The number of halogens is 3. The third-order valence-corrected chi connectivity index (χ3v) is 0. The molecule has 0 aromatic heterocycles. The summed E-state index contributed by atoms with van der Waals surface area (Å²) in [5.74, 6) is 0. The molecule has 0 radical (unpaired) electrons. The fourth-order valence-electron chi connectivity index (χ4n) is 0. The van der Waals surface area contributed by atoms with E-state index in [4.69, 9.17) is 0 Å². The molecule has 0 unspecified atom stereocenters. The van der Waals surface area contributed by atoms with Crippen molar-refractivity contribution in [1.29, 1.82) is 0 Å². The number of hydrogen-bond acceptors (Lipinski definition) is 0. The number of hydrogen-bond donors (Lipinski definition) is 0. The molecular formula is C2H5I3Zr-. The van der Waals surface area contributed by atoms with Gasteiger partial charge in [-0.2, -0.15) is 6.92 Å². The van der Waals surface area contributed by atoms with Gasteiger partial charge in [0.25, 0.3) is 0 Å². The Labute approximate surface area is 75.0 Å². The van der Waals surface area contributed by atoms with E-state index in [0.29, 0.717) is 0 Å². The quantitative estimate of drug-likeness (QED) is 0.353. The van der Waals surface area contributed by atoms with Gasteiger partial charge in [-0.3, -0.25) is 0 Å². The Balaban J connectivity index is 0. The van der Waals surface area contributed by atoms with Crippen molar-refractivity contribution in [2.24, 2.45) is 0 Å². The van der Waals surface area contributed by atoms with E-state index in [1.54, 1.807) is 6.92 Å². The summed E-state index contributed by atoms with van der Waals surface area (Å²) < 4.78 is 0. The van der Waals surface area contributed by atoms with Gasteiger partial charge < -0.3 is 6.92 Å². The van der Waals surface area contributed by atoms with E-state index in [-0.39, 0.29) is 0 Å². The van der Waals surface area contributed by atoms with Crippen LogP contribution in [0.2, 0.25) is 0 Å². The van der Waals surface area contributed by atoms with Crippen molar-refractivity contribution < 1.29 is 9.18 Å². The summed E-state index contributed by atoms with van der Waals surface area (Å²) in [6, 6.07) is 0. The van der Waals surface area contributed by atoms with Gasteiger partial charge in [0.15, 0.2) is 0 Å². The summed E-state index contributed by atoms with van der Waals surface area (Å²) in [4.78, 5) is 0. The second-order valence-corrected chi connectivity index (χ2v) is 57.0. The minimum atomic E-state index is -0.633. The van der Waals surface area contributed by atoms with Crippen LogP contribution >= 0.6 is 54.1 Å². The van der Waals surface area contributed by atoms with Gasteiger partial charge in [0, 0.05) is 0 Å². The third-order valence-electron chi connectivity index (χ3n) is 0. The molecule has 0 aromatic carbocycles. The molecule has 0 N–H and O–H groups in total. The first-order valence-electron chi connectivity index (χ1n) is 1.27. The summed E-state index contributed by atoms with van der Waals surface area (Å²) >= 11 is 7.54. The van der Waals surface area contributed by atoms with E-state index in [1.807, 2.05) is 0 Å². The molecular weight excluding hydrogens is 496 g/mol. The summed E-state index contributed by atoms with van der Waals surface area (Å²) in [5.41, 5.74) is 0. The van der Waals surface area contributed by atoms with E-state index >= 15 is 0 Å². The average Bonchev–Trinajstić information content (AvgIpc) is 1.41. The zero-order chi connectivity index (χ0) is 5.58. The summed E-state index contributed by atoms with van der Waals surface area (Å²) in [5, 5.41) is 0. The van der Waals surface area contributed by atoms with Crippen LogP contribution in [0.15, 0.2) is 0 Å². The second kappa shape index (κ2) is 11.0.